The van der Waals surface area contributed by atoms with Crippen LogP contribution in [0.3, 0.4) is 0 Å². The molecular weight excluding hydrogens is 935 g/mol. The number of carboxylic acids is 1. The Morgan fingerprint density at radius 3 is 0.987 bits per heavy atom. The van der Waals surface area contributed by atoms with Crippen molar-refractivity contribution in [2.45, 2.75) is 334 Å². The number of nitrogens with zero attached hydrogens (tertiary/aromatic N) is 1. The number of hydrogen-bond acceptors (Lipinski definition) is 8. The van der Waals surface area contributed by atoms with Gasteiger partial charge < -0.3 is 33.3 Å². The third-order valence-corrected chi connectivity index (χ3v) is 14.7. The molecule has 0 bridgehead atoms. The molecule has 0 aromatic carbocycles. The Kier molecular flexibility index (Phi) is 56.2. The number of allylic oxidation sites excluding steroid dienone is 4. The number of carbonyl (C=O) groups is 3. The zero-order valence-corrected chi connectivity index (χ0v) is 50.4. The first kappa shape index (κ1) is 72.8. The molecule has 0 spiro atoms. The molecule has 0 heterocycles. The molecule has 0 aliphatic carbocycles. The molecule has 9 heteroatoms. The lowest BCUT2D eigenvalue weighted by Crippen LogP contribution is -2.44. The minimum atomic E-state index is -1.62. The van der Waals surface area contributed by atoms with Crippen molar-refractivity contribution in [1.29, 1.82) is 0 Å². The average Bonchev–Trinajstić information content (AvgIpc) is 3.38. The summed E-state index contributed by atoms with van der Waals surface area (Å²) in [5.74, 6) is -2.26. The zero-order chi connectivity index (χ0) is 54.8. The summed E-state index contributed by atoms with van der Waals surface area (Å²) in [6.45, 7) is 4.81. The molecule has 0 aromatic rings. The van der Waals surface area contributed by atoms with Crippen molar-refractivity contribution in [3.05, 3.63) is 24.3 Å². The van der Waals surface area contributed by atoms with Gasteiger partial charge in [-0.3, -0.25) is 9.59 Å². The van der Waals surface area contributed by atoms with E-state index in [0.29, 0.717) is 17.4 Å². The van der Waals surface area contributed by atoms with E-state index in [1.54, 1.807) is 0 Å². The largest absolute Gasteiger partial charge is 0.545 e. The Labute approximate surface area is 465 Å². The van der Waals surface area contributed by atoms with Gasteiger partial charge in [-0.2, -0.15) is 0 Å². The molecule has 0 rings (SSSR count). The van der Waals surface area contributed by atoms with Crippen molar-refractivity contribution in [3.63, 3.8) is 0 Å². The normalized spacial score (nSPS) is 12.8. The molecule has 0 N–H and O–H groups in total. The van der Waals surface area contributed by atoms with E-state index in [1.807, 2.05) is 21.1 Å². The maximum atomic E-state index is 12.9. The van der Waals surface area contributed by atoms with E-state index in [2.05, 4.69) is 38.2 Å². The van der Waals surface area contributed by atoms with Crippen LogP contribution in [0.5, 0.6) is 0 Å². The van der Waals surface area contributed by atoms with Crippen LogP contribution in [-0.2, 0) is 33.3 Å². The summed E-state index contributed by atoms with van der Waals surface area (Å²) in [4.78, 5) is 37.4. The van der Waals surface area contributed by atoms with E-state index in [-0.39, 0.29) is 32.2 Å². The fourth-order valence-electron chi connectivity index (χ4n) is 9.65. The summed E-state index contributed by atoms with van der Waals surface area (Å²) >= 11 is 0. The number of carbonyl (C=O) groups excluding carboxylic acids is 3. The summed E-state index contributed by atoms with van der Waals surface area (Å²) in [5.41, 5.74) is 0. The molecule has 0 aromatic heterocycles. The summed E-state index contributed by atoms with van der Waals surface area (Å²) < 4.78 is 22.8. The van der Waals surface area contributed by atoms with Gasteiger partial charge in [0, 0.05) is 12.8 Å². The highest BCUT2D eigenvalue weighted by Crippen LogP contribution is 2.18. The minimum absolute atomic E-state index is 0.150. The highest BCUT2D eigenvalue weighted by molar-refractivity contribution is 5.70. The van der Waals surface area contributed by atoms with Crippen molar-refractivity contribution in [2.75, 3.05) is 47.5 Å². The molecule has 0 amide bonds. The minimum Gasteiger partial charge on any atom is -0.545 e. The Hall–Kier alpha value is -2.23. The molecule has 2 unspecified atom stereocenters. The first-order valence-corrected chi connectivity index (χ1v) is 32.5. The number of likely N-dealkylation sites (N-methyl/N-ethyl adjacent to an activating group) is 1. The second kappa shape index (κ2) is 57.9. The molecule has 0 aliphatic rings. The van der Waals surface area contributed by atoms with Crippen LogP contribution in [0.15, 0.2) is 24.3 Å². The van der Waals surface area contributed by atoms with E-state index in [1.165, 1.54) is 257 Å². The van der Waals surface area contributed by atoms with Gasteiger partial charge >= 0.3 is 11.9 Å². The van der Waals surface area contributed by atoms with Gasteiger partial charge in [-0.15, -0.1) is 0 Å². The van der Waals surface area contributed by atoms with Gasteiger partial charge in [-0.25, -0.2) is 0 Å². The van der Waals surface area contributed by atoms with Crippen LogP contribution in [0.4, 0.5) is 0 Å². The smallest absolute Gasteiger partial charge is 0.306 e. The molecule has 0 fully saturated rings. The standard InChI is InChI=1S/C66H125NO8/c1-6-8-10-12-14-16-18-20-22-24-26-28-30-31-32-33-35-37-39-41-43-45-47-49-51-53-55-57-64(69)75-62(61-74-66(65(70)71)72-59-58-67(3,4)5)60-73-63(68)56-54-52-50-48-46-44-42-40-38-36-34-29-27-25-23-21-19-17-15-13-11-9-7-2/h24-27,62,66H,6-23,28-61H2,1-5H3/b26-24-,27-25-. The second-order valence-corrected chi connectivity index (χ2v) is 23.4. The number of carboxylic acid groups (broad SMARTS) is 1. The third-order valence-electron chi connectivity index (χ3n) is 14.7. The van der Waals surface area contributed by atoms with Gasteiger partial charge in [0.25, 0.3) is 0 Å². The average molecular weight is 1060 g/mol. The van der Waals surface area contributed by atoms with Gasteiger partial charge in [-0.05, 0) is 64.2 Å². The molecule has 75 heavy (non-hydrogen) atoms. The van der Waals surface area contributed by atoms with Crippen molar-refractivity contribution in [3.8, 4) is 0 Å². The van der Waals surface area contributed by atoms with Crippen LogP contribution in [0.1, 0.15) is 322 Å². The number of unbranched alkanes of at least 4 members (excludes halogenated alkanes) is 42. The fourth-order valence-corrected chi connectivity index (χ4v) is 9.65. The van der Waals surface area contributed by atoms with E-state index in [4.69, 9.17) is 18.9 Å². The molecule has 0 saturated heterocycles. The summed E-state index contributed by atoms with van der Waals surface area (Å²) in [6.07, 6.45) is 66.7. The Bertz CT molecular complexity index is 1280. The lowest BCUT2D eigenvalue weighted by Gasteiger charge is -2.26. The molecule has 0 radical (unpaired) electrons. The molecule has 9 nitrogen and oxygen atoms in total. The van der Waals surface area contributed by atoms with Crippen LogP contribution in [-0.4, -0.2) is 82.3 Å². The summed E-state index contributed by atoms with van der Waals surface area (Å²) in [5, 5.41) is 11.8. The number of hydrogen-bond donors (Lipinski definition) is 0. The monoisotopic (exact) mass is 1060 g/mol. The molecule has 2 atom stereocenters. The van der Waals surface area contributed by atoms with Gasteiger partial charge in [0.1, 0.15) is 13.2 Å². The van der Waals surface area contributed by atoms with Gasteiger partial charge in [0.05, 0.1) is 40.3 Å². The Morgan fingerprint density at radius 1 is 0.387 bits per heavy atom. The first-order chi connectivity index (χ1) is 36.6. The third kappa shape index (κ3) is 59.3. The number of esters is 2. The van der Waals surface area contributed by atoms with Gasteiger partial charge in [0.15, 0.2) is 12.4 Å². The molecule has 442 valence electrons. The Morgan fingerprint density at radius 2 is 0.680 bits per heavy atom. The summed E-state index contributed by atoms with van der Waals surface area (Å²) in [6, 6.07) is 0. The second-order valence-electron chi connectivity index (χ2n) is 23.4. The van der Waals surface area contributed by atoms with Crippen molar-refractivity contribution in [2.24, 2.45) is 0 Å². The number of quaternary nitrogens is 1. The predicted molar refractivity (Wildman–Crippen MR) is 316 cm³/mol. The topological polar surface area (TPSA) is 111 Å². The van der Waals surface area contributed by atoms with E-state index < -0.39 is 24.3 Å². The van der Waals surface area contributed by atoms with E-state index in [9.17, 15) is 19.5 Å². The maximum Gasteiger partial charge on any atom is 0.306 e. The highest BCUT2D eigenvalue weighted by Gasteiger charge is 2.22. The predicted octanol–water partition coefficient (Wildman–Crippen LogP) is 18.1. The van der Waals surface area contributed by atoms with Crippen molar-refractivity contribution < 1.29 is 42.9 Å². The Balaban J connectivity index is 4.13. The van der Waals surface area contributed by atoms with Gasteiger partial charge in [-0.1, -0.05) is 269 Å². The fraction of sp³-hybridized carbons (Fsp3) is 0.894. The van der Waals surface area contributed by atoms with Crippen LogP contribution < -0.4 is 5.11 Å². The number of rotatable bonds is 61. The van der Waals surface area contributed by atoms with Crippen LogP contribution in [0, 0.1) is 0 Å². The SMILES string of the molecule is CCCCCCCCCC/C=C\CCCCCCCCCCCCCCCCCC(=O)OC(COC(=O)CCCCCCCCCCCCC/C=C\CCCCCCCCCC)COC(OCC[N+](C)(C)C)C(=O)[O-]. The molecule has 0 saturated carbocycles. The lowest BCUT2D eigenvalue weighted by atomic mass is 10.0. The van der Waals surface area contributed by atoms with Gasteiger partial charge in [0.2, 0.25) is 0 Å². The van der Waals surface area contributed by atoms with Crippen LogP contribution in [0.25, 0.3) is 0 Å². The van der Waals surface area contributed by atoms with E-state index >= 15 is 0 Å². The van der Waals surface area contributed by atoms with Crippen molar-refractivity contribution >= 4 is 17.9 Å². The zero-order valence-electron chi connectivity index (χ0n) is 50.4. The first-order valence-electron chi connectivity index (χ1n) is 32.5. The molecule has 0 aliphatic heterocycles. The number of aliphatic carboxylic acids is 1. The highest BCUT2D eigenvalue weighted by atomic mass is 16.7. The van der Waals surface area contributed by atoms with E-state index in [0.717, 1.165) is 38.5 Å². The summed E-state index contributed by atoms with van der Waals surface area (Å²) in [7, 11) is 5.94. The van der Waals surface area contributed by atoms with Crippen LogP contribution >= 0.6 is 0 Å². The quantitative estimate of drug-likeness (QED) is 0.0195. The lowest BCUT2D eigenvalue weighted by molar-refractivity contribution is -0.870. The van der Waals surface area contributed by atoms with Crippen molar-refractivity contribution in [1.82, 2.24) is 0 Å². The number of ether oxygens (including phenoxy) is 4. The molecular formula is C66H125NO8. The maximum absolute atomic E-state index is 12.9. The van der Waals surface area contributed by atoms with Crippen LogP contribution in [0.2, 0.25) is 0 Å².